The number of allylic oxidation sites excluding steroid dienone is 1. The van der Waals surface area contributed by atoms with Crippen LogP contribution in [0.25, 0.3) is 11.8 Å². The van der Waals surface area contributed by atoms with Gasteiger partial charge in [-0.15, -0.1) is 0 Å². The van der Waals surface area contributed by atoms with Crippen LogP contribution < -0.4 is 5.32 Å². The molecule has 1 aliphatic rings. The van der Waals surface area contributed by atoms with Gasteiger partial charge in [0.15, 0.2) is 0 Å². The van der Waals surface area contributed by atoms with Crippen LogP contribution in [0.4, 0.5) is 0 Å². The monoisotopic (exact) mass is 321 g/mol. The summed E-state index contributed by atoms with van der Waals surface area (Å²) >= 11 is 0. The lowest BCUT2D eigenvalue weighted by Gasteiger charge is -2.12. The van der Waals surface area contributed by atoms with Crippen molar-refractivity contribution >= 4 is 12.0 Å². The molecule has 1 aliphatic carbocycles. The molecule has 1 heterocycles. The third-order valence-electron chi connectivity index (χ3n) is 4.18. The summed E-state index contributed by atoms with van der Waals surface area (Å²) in [6.45, 7) is 0.707. The molecule has 0 aliphatic heterocycles. The summed E-state index contributed by atoms with van der Waals surface area (Å²) in [6.07, 6.45) is 15.3. The van der Waals surface area contributed by atoms with Gasteiger partial charge in [-0.1, -0.05) is 29.8 Å². The summed E-state index contributed by atoms with van der Waals surface area (Å²) in [5.74, 6) is -0.0566. The van der Waals surface area contributed by atoms with Crippen molar-refractivity contribution < 1.29 is 4.79 Å². The highest BCUT2D eigenvalue weighted by Gasteiger charge is 2.04. The quantitative estimate of drug-likeness (QED) is 0.648. The number of rotatable bonds is 6. The highest BCUT2D eigenvalue weighted by atomic mass is 16.1. The first kappa shape index (κ1) is 16.2. The van der Waals surface area contributed by atoms with E-state index in [1.807, 2.05) is 36.5 Å². The zero-order valence-electron chi connectivity index (χ0n) is 13.8. The minimum Gasteiger partial charge on any atom is -0.352 e. The number of hydrogen-bond acceptors (Lipinski definition) is 2. The van der Waals surface area contributed by atoms with Crippen LogP contribution in [0.15, 0.2) is 60.5 Å². The van der Waals surface area contributed by atoms with Crippen molar-refractivity contribution in [1.29, 1.82) is 0 Å². The van der Waals surface area contributed by atoms with Crippen molar-refractivity contribution in [2.45, 2.75) is 32.1 Å². The Bertz CT molecular complexity index is 728. The van der Waals surface area contributed by atoms with Crippen molar-refractivity contribution in [3.63, 3.8) is 0 Å². The van der Waals surface area contributed by atoms with Gasteiger partial charge in [0.05, 0.1) is 11.9 Å². The Labute approximate surface area is 142 Å². The lowest BCUT2D eigenvalue weighted by molar-refractivity contribution is -0.116. The average molecular weight is 321 g/mol. The van der Waals surface area contributed by atoms with Crippen molar-refractivity contribution in [1.82, 2.24) is 15.1 Å². The molecule has 1 aromatic heterocycles. The number of carbonyl (C=O) groups is 1. The summed E-state index contributed by atoms with van der Waals surface area (Å²) in [5, 5.41) is 7.26. The SMILES string of the molecule is O=C(/C=C/c1cnn(-c2ccccc2)c1)NCCC1=CCCCC1. The second-order valence-corrected chi connectivity index (χ2v) is 6.04. The lowest BCUT2D eigenvalue weighted by Crippen LogP contribution is -2.22. The molecule has 0 bridgehead atoms. The van der Waals surface area contributed by atoms with Crippen LogP contribution in [0.2, 0.25) is 0 Å². The fraction of sp³-hybridized carbons (Fsp3) is 0.300. The normalized spacial score (nSPS) is 14.6. The molecule has 1 amide bonds. The number of aromatic nitrogens is 2. The maximum absolute atomic E-state index is 11.9. The van der Waals surface area contributed by atoms with Crippen molar-refractivity contribution in [3.8, 4) is 5.69 Å². The minimum atomic E-state index is -0.0566. The molecule has 4 heteroatoms. The predicted molar refractivity (Wildman–Crippen MR) is 96.8 cm³/mol. The van der Waals surface area contributed by atoms with Crippen LogP contribution in [0, 0.1) is 0 Å². The third kappa shape index (κ3) is 4.69. The van der Waals surface area contributed by atoms with Gasteiger partial charge >= 0.3 is 0 Å². The topological polar surface area (TPSA) is 46.9 Å². The molecule has 0 saturated carbocycles. The number of para-hydroxylation sites is 1. The zero-order chi connectivity index (χ0) is 16.6. The molecule has 2 aromatic rings. The van der Waals surface area contributed by atoms with E-state index in [1.54, 1.807) is 23.0 Å². The summed E-state index contributed by atoms with van der Waals surface area (Å²) in [6, 6.07) is 9.91. The Morgan fingerprint density at radius 3 is 2.92 bits per heavy atom. The third-order valence-corrected chi connectivity index (χ3v) is 4.18. The van der Waals surface area contributed by atoms with Crippen molar-refractivity contribution in [2.75, 3.05) is 6.54 Å². The van der Waals surface area contributed by atoms with Gasteiger partial charge < -0.3 is 5.32 Å². The molecular weight excluding hydrogens is 298 g/mol. The molecular formula is C20H23N3O. The molecule has 0 fully saturated rings. The Kier molecular flexibility index (Phi) is 5.61. The van der Waals surface area contributed by atoms with E-state index in [-0.39, 0.29) is 5.91 Å². The summed E-state index contributed by atoms with van der Waals surface area (Å²) in [5.41, 5.74) is 3.39. The Hall–Kier alpha value is -2.62. The molecule has 0 unspecified atom stereocenters. The van der Waals surface area contributed by atoms with E-state index in [9.17, 15) is 4.79 Å². The van der Waals surface area contributed by atoms with Crippen LogP contribution in [-0.2, 0) is 4.79 Å². The summed E-state index contributed by atoms with van der Waals surface area (Å²) in [7, 11) is 0. The molecule has 1 N–H and O–H groups in total. The van der Waals surface area contributed by atoms with Crippen LogP contribution in [0.5, 0.6) is 0 Å². The first-order valence-electron chi connectivity index (χ1n) is 8.55. The fourth-order valence-corrected chi connectivity index (χ4v) is 2.85. The number of benzene rings is 1. The highest BCUT2D eigenvalue weighted by molar-refractivity contribution is 5.91. The largest absolute Gasteiger partial charge is 0.352 e. The van der Waals surface area contributed by atoms with Crippen LogP contribution in [-0.4, -0.2) is 22.2 Å². The number of nitrogens with zero attached hydrogens (tertiary/aromatic N) is 2. The molecule has 24 heavy (non-hydrogen) atoms. The second-order valence-electron chi connectivity index (χ2n) is 6.04. The van der Waals surface area contributed by atoms with E-state index < -0.39 is 0 Å². The first-order chi connectivity index (χ1) is 11.8. The van der Waals surface area contributed by atoms with Gasteiger partial charge in [0.25, 0.3) is 0 Å². The van der Waals surface area contributed by atoms with Gasteiger partial charge in [0, 0.05) is 24.4 Å². The van der Waals surface area contributed by atoms with Crippen LogP contribution in [0.1, 0.15) is 37.7 Å². The number of amides is 1. The first-order valence-corrected chi connectivity index (χ1v) is 8.55. The Balaban J connectivity index is 1.47. The number of hydrogen-bond donors (Lipinski definition) is 1. The minimum absolute atomic E-state index is 0.0566. The molecule has 0 radical (unpaired) electrons. The number of carbonyl (C=O) groups excluding carboxylic acids is 1. The molecule has 0 atom stereocenters. The Morgan fingerprint density at radius 2 is 2.12 bits per heavy atom. The molecule has 4 nitrogen and oxygen atoms in total. The molecule has 3 rings (SSSR count). The second kappa shape index (κ2) is 8.29. The van der Waals surface area contributed by atoms with Gasteiger partial charge in [0.2, 0.25) is 5.91 Å². The summed E-state index contributed by atoms with van der Waals surface area (Å²) in [4.78, 5) is 11.9. The van der Waals surface area contributed by atoms with Gasteiger partial charge in [-0.3, -0.25) is 4.79 Å². The standard InChI is InChI=1S/C20H23N3O/c24-20(21-14-13-17-7-3-1-4-8-17)12-11-18-15-22-23(16-18)19-9-5-2-6-10-19/h2,5-7,9-12,15-16H,1,3-4,8,13-14H2,(H,21,24)/b12-11+. The maximum atomic E-state index is 11.9. The lowest BCUT2D eigenvalue weighted by atomic mass is 9.97. The highest BCUT2D eigenvalue weighted by Crippen LogP contribution is 2.19. The average Bonchev–Trinajstić information content (AvgIpc) is 3.11. The van der Waals surface area contributed by atoms with E-state index in [0.29, 0.717) is 6.54 Å². The van der Waals surface area contributed by atoms with Gasteiger partial charge in [-0.2, -0.15) is 5.10 Å². The molecule has 1 aromatic carbocycles. The van der Waals surface area contributed by atoms with Crippen LogP contribution in [0.3, 0.4) is 0 Å². The van der Waals surface area contributed by atoms with Gasteiger partial charge in [-0.05, 0) is 50.3 Å². The van der Waals surface area contributed by atoms with Crippen molar-refractivity contribution in [3.05, 3.63) is 66.0 Å². The predicted octanol–water partition coefficient (Wildman–Crippen LogP) is 3.89. The molecule has 124 valence electrons. The van der Waals surface area contributed by atoms with Crippen LogP contribution >= 0.6 is 0 Å². The fourth-order valence-electron chi connectivity index (χ4n) is 2.85. The van der Waals surface area contributed by atoms with E-state index >= 15 is 0 Å². The zero-order valence-corrected chi connectivity index (χ0v) is 13.8. The molecule has 0 saturated heterocycles. The molecule has 0 spiro atoms. The Morgan fingerprint density at radius 1 is 1.25 bits per heavy atom. The maximum Gasteiger partial charge on any atom is 0.244 e. The number of nitrogens with one attached hydrogen (secondary N) is 1. The van der Waals surface area contributed by atoms with E-state index in [4.69, 9.17) is 0 Å². The smallest absolute Gasteiger partial charge is 0.244 e. The van der Waals surface area contributed by atoms with E-state index in [1.165, 1.54) is 31.3 Å². The van der Waals surface area contributed by atoms with E-state index in [0.717, 1.165) is 17.7 Å². The van der Waals surface area contributed by atoms with E-state index in [2.05, 4.69) is 16.5 Å². The van der Waals surface area contributed by atoms with Crippen molar-refractivity contribution in [2.24, 2.45) is 0 Å². The summed E-state index contributed by atoms with van der Waals surface area (Å²) < 4.78 is 1.80. The van der Waals surface area contributed by atoms with Gasteiger partial charge in [0.1, 0.15) is 0 Å². The van der Waals surface area contributed by atoms with Gasteiger partial charge in [-0.25, -0.2) is 4.68 Å².